The van der Waals surface area contributed by atoms with Crippen molar-refractivity contribution >= 4 is 6.09 Å². The Balaban J connectivity index is 1.83. The molecule has 32 heavy (non-hydrogen) atoms. The van der Waals surface area contributed by atoms with Crippen molar-refractivity contribution < 1.29 is 35.9 Å². The summed E-state index contributed by atoms with van der Waals surface area (Å²) in [7, 11) is 0. The van der Waals surface area contributed by atoms with Gasteiger partial charge in [0.1, 0.15) is 0 Å². The van der Waals surface area contributed by atoms with Gasteiger partial charge in [-0.25, -0.2) is 4.79 Å². The molecule has 1 aromatic carbocycles. The number of halogens is 6. The summed E-state index contributed by atoms with van der Waals surface area (Å²) >= 11 is 0. The lowest BCUT2D eigenvalue weighted by Gasteiger charge is -2.22. The molecule has 0 bridgehead atoms. The highest BCUT2D eigenvalue weighted by molar-refractivity contribution is 5.67. The number of nitrogens with one attached hydrogen (secondary N) is 2. The topological polar surface area (TPSA) is 63.2 Å². The van der Waals surface area contributed by atoms with Crippen molar-refractivity contribution in [3.63, 3.8) is 0 Å². The number of nitrogens with zero attached hydrogens (tertiary/aromatic N) is 1. The van der Waals surface area contributed by atoms with Crippen LogP contribution >= 0.6 is 0 Å². The highest BCUT2D eigenvalue weighted by Gasteiger charge is 2.59. The fraction of sp³-hybridized carbons (Fsp3) is 0.429. The van der Waals surface area contributed by atoms with Crippen molar-refractivity contribution in [2.45, 2.75) is 45.8 Å². The normalized spacial score (nSPS) is 12.2. The van der Waals surface area contributed by atoms with Crippen LogP contribution in [-0.2, 0) is 11.3 Å². The monoisotopic (exact) mass is 463 g/mol. The van der Waals surface area contributed by atoms with Gasteiger partial charge in [-0.15, -0.1) is 0 Å². The van der Waals surface area contributed by atoms with Crippen LogP contribution in [0.1, 0.15) is 22.5 Å². The van der Waals surface area contributed by atoms with Crippen LogP contribution in [0.4, 0.5) is 31.1 Å². The van der Waals surface area contributed by atoms with E-state index in [1.807, 2.05) is 56.4 Å². The first kappa shape index (κ1) is 25.4. The molecule has 2 rings (SSSR count). The molecule has 0 unspecified atom stereocenters. The standard InChI is InChI=1S/C21H23F6N3O2/c1-12-8-15(17-9-13(2)30-14(3)10-17)4-5-16(12)11-28-6-7-29-19(31)32-18(20(22,23)24)21(25,26)27/h4-5,8-10,18,28H,6-7,11H2,1-3H3,(H,29,31). The Morgan fingerprint density at radius 3 is 2.06 bits per heavy atom. The van der Waals surface area contributed by atoms with Gasteiger partial charge in [0.2, 0.25) is 0 Å². The van der Waals surface area contributed by atoms with Crippen molar-refractivity contribution in [1.82, 2.24) is 15.6 Å². The molecule has 0 aliphatic heterocycles. The van der Waals surface area contributed by atoms with Gasteiger partial charge in [0.05, 0.1) is 0 Å². The fourth-order valence-corrected chi connectivity index (χ4v) is 3.02. The van der Waals surface area contributed by atoms with E-state index in [1.54, 1.807) is 0 Å². The van der Waals surface area contributed by atoms with Crippen LogP contribution in [0.25, 0.3) is 11.1 Å². The SMILES string of the molecule is Cc1cc(-c2ccc(CNCCNC(=O)OC(C(F)(F)F)C(F)(F)F)c(C)c2)cc(C)n1. The molecule has 1 amide bonds. The van der Waals surface area contributed by atoms with Crippen molar-refractivity contribution in [2.75, 3.05) is 13.1 Å². The second kappa shape index (κ2) is 10.2. The average Bonchev–Trinajstić information content (AvgIpc) is 2.64. The highest BCUT2D eigenvalue weighted by Crippen LogP contribution is 2.35. The number of alkyl carbamates (subject to hydrolysis) is 1. The van der Waals surface area contributed by atoms with Crippen molar-refractivity contribution in [3.8, 4) is 11.1 Å². The number of carbonyl (C=O) groups is 1. The zero-order chi connectivity index (χ0) is 24.1. The molecule has 0 aliphatic rings. The summed E-state index contributed by atoms with van der Waals surface area (Å²) in [5.41, 5.74) is 5.82. The van der Waals surface area contributed by atoms with E-state index < -0.39 is 24.5 Å². The number of rotatable bonds is 7. The predicted molar refractivity (Wildman–Crippen MR) is 106 cm³/mol. The summed E-state index contributed by atoms with van der Waals surface area (Å²) in [6, 6.07) is 9.83. The molecule has 5 nitrogen and oxygen atoms in total. The van der Waals surface area contributed by atoms with Gasteiger partial charge in [-0.1, -0.05) is 18.2 Å². The Labute approximate surface area is 181 Å². The van der Waals surface area contributed by atoms with Crippen molar-refractivity contribution in [3.05, 3.63) is 52.8 Å². The first-order valence-electron chi connectivity index (χ1n) is 9.61. The lowest BCUT2D eigenvalue weighted by atomic mass is 9.99. The zero-order valence-electron chi connectivity index (χ0n) is 17.6. The third kappa shape index (κ3) is 7.40. The van der Waals surface area contributed by atoms with Gasteiger partial charge in [-0.3, -0.25) is 4.98 Å². The Kier molecular flexibility index (Phi) is 8.11. The first-order chi connectivity index (χ1) is 14.8. The molecular formula is C21H23F6N3O2. The number of benzene rings is 1. The van der Waals surface area contributed by atoms with Gasteiger partial charge in [-0.2, -0.15) is 26.3 Å². The van der Waals surface area contributed by atoms with Gasteiger partial charge >= 0.3 is 18.4 Å². The van der Waals surface area contributed by atoms with Gasteiger partial charge in [0.15, 0.2) is 0 Å². The number of pyridine rings is 1. The quantitative estimate of drug-likeness (QED) is 0.449. The molecule has 2 N–H and O–H groups in total. The van der Waals surface area contributed by atoms with E-state index in [-0.39, 0.29) is 13.1 Å². The summed E-state index contributed by atoms with van der Waals surface area (Å²) in [4.78, 5) is 15.6. The molecule has 0 radical (unpaired) electrons. The van der Waals surface area contributed by atoms with E-state index in [9.17, 15) is 31.1 Å². The predicted octanol–water partition coefficient (Wildman–Crippen LogP) is 4.98. The van der Waals surface area contributed by atoms with Gasteiger partial charge in [0, 0.05) is 31.0 Å². The maximum atomic E-state index is 12.4. The first-order valence-corrected chi connectivity index (χ1v) is 9.61. The maximum absolute atomic E-state index is 12.4. The molecule has 1 heterocycles. The molecule has 0 saturated carbocycles. The van der Waals surface area contributed by atoms with E-state index in [0.29, 0.717) is 6.54 Å². The number of alkyl halides is 6. The van der Waals surface area contributed by atoms with Crippen LogP contribution in [0.5, 0.6) is 0 Å². The molecule has 0 saturated heterocycles. The summed E-state index contributed by atoms with van der Waals surface area (Å²) < 4.78 is 77.8. The smallest absolute Gasteiger partial charge is 0.427 e. The second-order valence-corrected chi connectivity index (χ2v) is 7.25. The van der Waals surface area contributed by atoms with E-state index in [2.05, 4.69) is 15.0 Å². The van der Waals surface area contributed by atoms with E-state index in [4.69, 9.17) is 0 Å². The van der Waals surface area contributed by atoms with Gasteiger partial charge in [0.25, 0.3) is 6.10 Å². The number of ether oxygens (including phenoxy) is 1. The Bertz CT molecular complexity index is 910. The lowest BCUT2D eigenvalue weighted by molar-refractivity contribution is -0.306. The molecule has 0 fully saturated rings. The van der Waals surface area contributed by atoms with Crippen molar-refractivity contribution in [1.29, 1.82) is 0 Å². The van der Waals surface area contributed by atoms with E-state index in [1.165, 1.54) is 0 Å². The van der Waals surface area contributed by atoms with Crippen LogP contribution in [0.2, 0.25) is 0 Å². The highest BCUT2D eigenvalue weighted by atomic mass is 19.4. The molecule has 11 heteroatoms. The maximum Gasteiger partial charge on any atom is 0.434 e. The van der Waals surface area contributed by atoms with Crippen LogP contribution in [0.3, 0.4) is 0 Å². The van der Waals surface area contributed by atoms with Crippen LogP contribution in [0, 0.1) is 20.8 Å². The third-order valence-electron chi connectivity index (χ3n) is 4.46. The van der Waals surface area contributed by atoms with Crippen LogP contribution in [-0.4, -0.2) is 42.6 Å². The molecule has 2 aromatic rings. The number of hydrogen-bond acceptors (Lipinski definition) is 4. The summed E-state index contributed by atoms with van der Waals surface area (Å²) in [6.07, 6.45) is -17.5. The van der Waals surface area contributed by atoms with E-state index in [0.717, 1.165) is 33.6 Å². The number of hydrogen-bond donors (Lipinski definition) is 2. The molecular weight excluding hydrogens is 440 g/mol. The number of aromatic nitrogens is 1. The Morgan fingerprint density at radius 1 is 0.938 bits per heavy atom. The zero-order valence-corrected chi connectivity index (χ0v) is 17.6. The molecule has 1 aromatic heterocycles. The van der Waals surface area contributed by atoms with Crippen molar-refractivity contribution in [2.24, 2.45) is 0 Å². The number of amides is 1. The minimum absolute atomic E-state index is 0.113. The minimum Gasteiger partial charge on any atom is -0.427 e. The summed E-state index contributed by atoms with van der Waals surface area (Å²) in [5, 5.41) is 4.83. The Hall–Kier alpha value is -2.82. The summed E-state index contributed by atoms with van der Waals surface area (Å²) in [6.45, 7) is 6.04. The van der Waals surface area contributed by atoms with Gasteiger partial charge < -0.3 is 15.4 Å². The third-order valence-corrected chi connectivity index (χ3v) is 4.46. The molecule has 0 atom stereocenters. The van der Waals surface area contributed by atoms with Crippen LogP contribution in [0.15, 0.2) is 30.3 Å². The minimum atomic E-state index is -5.74. The summed E-state index contributed by atoms with van der Waals surface area (Å²) in [5.74, 6) is 0. The lowest BCUT2D eigenvalue weighted by Crippen LogP contribution is -2.47. The second-order valence-electron chi connectivity index (χ2n) is 7.25. The average molecular weight is 463 g/mol. The number of aryl methyl sites for hydroxylation is 3. The van der Waals surface area contributed by atoms with E-state index >= 15 is 0 Å². The van der Waals surface area contributed by atoms with Crippen LogP contribution < -0.4 is 10.6 Å². The fourth-order valence-electron chi connectivity index (χ4n) is 3.02. The Morgan fingerprint density at radius 2 is 1.53 bits per heavy atom. The largest absolute Gasteiger partial charge is 0.434 e. The number of carbonyl (C=O) groups excluding carboxylic acids is 1. The molecule has 176 valence electrons. The molecule has 0 spiro atoms. The molecule has 0 aliphatic carbocycles. The van der Waals surface area contributed by atoms with Gasteiger partial charge in [-0.05, 0) is 55.2 Å².